The van der Waals surface area contributed by atoms with Crippen molar-refractivity contribution < 1.29 is 28.5 Å². The Morgan fingerprint density at radius 2 is 1.76 bits per heavy atom. The zero-order valence-electron chi connectivity index (χ0n) is 27.6. The minimum atomic E-state index is -0.310. The lowest BCUT2D eigenvalue weighted by Gasteiger charge is -2.38. The van der Waals surface area contributed by atoms with Crippen LogP contribution in [0.3, 0.4) is 0 Å². The monoisotopic (exact) mass is 631 g/mol. The van der Waals surface area contributed by atoms with Crippen molar-refractivity contribution in [2.45, 2.75) is 44.5 Å². The molecule has 2 unspecified atom stereocenters. The van der Waals surface area contributed by atoms with Gasteiger partial charge in [0.15, 0.2) is 0 Å². The van der Waals surface area contributed by atoms with Crippen LogP contribution in [-0.4, -0.2) is 95.7 Å². The highest BCUT2D eigenvalue weighted by atomic mass is 16.6. The fourth-order valence-electron chi connectivity index (χ4n) is 6.07. The molecule has 248 valence electrons. The van der Waals surface area contributed by atoms with Crippen LogP contribution in [0.1, 0.15) is 41.9 Å². The number of anilines is 1. The minimum absolute atomic E-state index is 0.132. The lowest BCUT2D eigenvalue weighted by molar-refractivity contribution is -0.0246. The molecule has 2 aliphatic heterocycles. The number of nitrogens with zero attached hydrogens (tertiary/aromatic N) is 3. The van der Waals surface area contributed by atoms with E-state index in [4.69, 9.17) is 23.7 Å². The van der Waals surface area contributed by atoms with Crippen molar-refractivity contribution >= 4 is 11.8 Å². The Morgan fingerprint density at radius 1 is 0.935 bits per heavy atom. The Kier molecular flexibility index (Phi) is 12.6. The highest BCUT2D eigenvalue weighted by Gasteiger charge is 2.34. The average Bonchev–Trinajstić information content (AvgIpc) is 3.09. The van der Waals surface area contributed by atoms with Crippen molar-refractivity contribution in [1.82, 2.24) is 9.80 Å². The van der Waals surface area contributed by atoms with E-state index < -0.39 is 0 Å². The normalized spacial score (nSPS) is 17.8. The predicted molar refractivity (Wildman–Crippen MR) is 180 cm³/mol. The molecule has 3 aromatic rings. The Bertz CT molecular complexity index is 1350. The van der Waals surface area contributed by atoms with Gasteiger partial charge in [-0.25, -0.2) is 4.79 Å². The SMILES string of the molecule is COCCCN1CCOc2ccc(COC3CN(C(=O)OCc4ccccc4)CCC3c3ccc(OCCCN(C)C)cc3)cc21. The van der Waals surface area contributed by atoms with Gasteiger partial charge in [-0.1, -0.05) is 48.5 Å². The van der Waals surface area contributed by atoms with Crippen LogP contribution in [-0.2, 0) is 27.4 Å². The Labute approximate surface area is 273 Å². The van der Waals surface area contributed by atoms with E-state index >= 15 is 0 Å². The summed E-state index contributed by atoms with van der Waals surface area (Å²) in [5.74, 6) is 1.90. The first-order chi connectivity index (χ1) is 22.5. The van der Waals surface area contributed by atoms with Gasteiger partial charge in [-0.3, -0.25) is 0 Å². The smallest absolute Gasteiger partial charge is 0.410 e. The summed E-state index contributed by atoms with van der Waals surface area (Å²) in [6.07, 6.45) is 2.20. The molecule has 1 amide bonds. The molecule has 5 rings (SSSR count). The maximum absolute atomic E-state index is 13.2. The molecule has 0 N–H and O–H groups in total. The molecule has 46 heavy (non-hydrogen) atoms. The van der Waals surface area contributed by atoms with Crippen LogP contribution in [0.4, 0.5) is 10.5 Å². The zero-order chi connectivity index (χ0) is 32.1. The Hall–Kier alpha value is -3.79. The second-order valence-electron chi connectivity index (χ2n) is 12.3. The molecule has 3 aromatic carbocycles. The summed E-state index contributed by atoms with van der Waals surface area (Å²) in [6.45, 7) is 6.58. The van der Waals surface area contributed by atoms with Crippen LogP contribution in [0, 0.1) is 0 Å². The highest BCUT2D eigenvalue weighted by molar-refractivity contribution is 5.68. The lowest BCUT2D eigenvalue weighted by Crippen LogP contribution is -2.47. The molecule has 0 aromatic heterocycles. The second-order valence-corrected chi connectivity index (χ2v) is 12.3. The average molecular weight is 632 g/mol. The van der Waals surface area contributed by atoms with E-state index in [2.05, 4.69) is 48.2 Å². The standard InChI is InChI=1S/C37H49N3O6/c1-38(2)18-7-23-43-32-14-12-31(13-15-32)33-17-20-40(37(41)46-27-29-9-5-4-6-10-29)26-36(33)45-28-30-11-16-35-34(25-30)39(21-24-44-35)19-8-22-42-3/h4-6,9-16,25,33,36H,7-8,17-24,26-28H2,1-3H3. The van der Waals surface area contributed by atoms with Crippen molar-refractivity contribution in [1.29, 1.82) is 0 Å². The number of methoxy groups -OCH3 is 1. The molecule has 9 heteroatoms. The van der Waals surface area contributed by atoms with Gasteiger partial charge in [0.05, 0.1) is 38.1 Å². The fraction of sp³-hybridized carbons (Fsp3) is 0.486. The Balaban J connectivity index is 1.26. The number of fused-ring (bicyclic) bond motifs is 1. The van der Waals surface area contributed by atoms with Gasteiger partial charge < -0.3 is 38.4 Å². The van der Waals surface area contributed by atoms with Gasteiger partial charge in [-0.15, -0.1) is 0 Å². The molecule has 2 aliphatic rings. The number of benzene rings is 3. The van der Waals surface area contributed by atoms with Crippen LogP contribution < -0.4 is 14.4 Å². The summed E-state index contributed by atoms with van der Waals surface area (Å²) in [7, 11) is 5.88. The lowest BCUT2D eigenvalue weighted by atomic mass is 9.87. The highest BCUT2D eigenvalue weighted by Crippen LogP contribution is 2.35. The molecular formula is C37H49N3O6. The van der Waals surface area contributed by atoms with Crippen molar-refractivity contribution in [3.63, 3.8) is 0 Å². The summed E-state index contributed by atoms with van der Waals surface area (Å²) < 4.78 is 29.6. The number of carbonyl (C=O) groups is 1. The molecule has 0 aliphatic carbocycles. The molecule has 0 spiro atoms. The number of piperidine rings is 1. The van der Waals surface area contributed by atoms with E-state index in [1.165, 1.54) is 5.56 Å². The molecular weight excluding hydrogens is 582 g/mol. The van der Waals surface area contributed by atoms with Crippen LogP contribution in [0.15, 0.2) is 72.8 Å². The molecule has 9 nitrogen and oxygen atoms in total. The van der Waals surface area contributed by atoms with Gasteiger partial charge in [0, 0.05) is 39.3 Å². The van der Waals surface area contributed by atoms with Gasteiger partial charge in [-0.2, -0.15) is 0 Å². The summed E-state index contributed by atoms with van der Waals surface area (Å²) in [6, 6.07) is 24.4. The van der Waals surface area contributed by atoms with Gasteiger partial charge in [0.1, 0.15) is 24.7 Å². The molecule has 2 atom stereocenters. The van der Waals surface area contributed by atoms with Gasteiger partial charge in [-0.05, 0) is 74.3 Å². The molecule has 0 radical (unpaired) electrons. The van der Waals surface area contributed by atoms with E-state index in [-0.39, 0.29) is 24.7 Å². The number of rotatable bonds is 15. The van der Waals surface area contributed by atoms with Gasteiger partial charge in [0.2, 0.25) is 0 Å². The summed E-state index contributed by atoms with van der Waals surface area (Å²) in [4.78, 5) is 19.5. The number of ether oxygens (including phenoxy) is 5. The molecule has 1 fully saturated rings. The maximum atomic E-state index is 13.2. The third-order valence-electron chi connectivity index (χ3n) is 8.57. The summed E-state index contributed by atoms with van der Waals surface area (Å²) >= 11 is 0. The second kappa shape index (κ2) is 17.2. The van der Waals surface area contributed by atoms with Crippen molar-refractivity contribution in [3.8, 4) is 11.5 Å². The van der Waals surface area contributed by atoms with E-state index in [1.807, 2.05) is 48.5 Å². The first kappa shape index (κ1) is 33.6. The van der Waals surface area contributed by atoms with Crippen LogP contribution in [0.5, 0.6) is 11.5 Å². The number of hydrogen-bond donors (Lipinski definition) is 0. The van der Waals surface area contributed by atoms with Crippen LogP contribution in [0.25, 0.3) is 0 Å². The summed E-state index contributed by atoms with van der Waals surface area (Å²) in [5.41, 5.74) is 4.32. The van der Waals surface area contributed by atoms with Crippen molar-refractivity contribution in [2.75, 3.05) is 78.6 Å². The number of hydrogen-bond acceptors (Lipinski definition) is 8. The maximum Gasteiger partial charge on any atom is 0.410 e. The first-order valence-electron chi connectivity index (χ1n) is 16.4. The molecule has 0 bridgehead atoms. The third kappa shape index (κ3) is 9.61. The van der Waals surface area contributed by atoms with E-state index in [9.17, 15) is 4.79 Å². The van der Waals surface area contributed by atoms with Crippen molar-refractivity contribution in [3.05, 3.63) is 89.5 Å². The predicted octanol–water partition coefficient (Wildman–Crippen LogP) is 5.96. The van der Waals surface area contributed by atoms with E-state index in [0.29, 0.717) is 32.9 Å². The summed E-state index contributed by atoms with van der Waals surface area (Å²) in [5, 5.41) is 0. The molecule has 0 saturated carbocycles. The fourth-order valence-corrected chi connectivity index (χ4v) is 6.07. The minimum Gasteiger partial charge on any atom is -0.494 e. The van der Waals surface area contributed by atoms with E-state index in [1.54, 1.807) is 12.0 Å². The largest absolute Gasteiger partial charge is 0.494 e. The number of likely N-dealkylation sites (tertiary alicyclic amines) is 1. The quantitative estimate of drug-likeness (QED) is 0.190. The number of carbonyl (C=O) groups excluding carboxylic acids is 1. The number of amides is 1. The van der Waals surface area contributed by atoms with Crippen LogP contribution in [0.2, 0.25) is 0 Å². The molecule has 2 heterocycles. The topological polar surface area (TPSA) is 72.9 Å². The van der Waals surface area contributed by atoms with E-state index in [0.717, 1.165) is 73.8 Å². The van der Waals surface area contributed by atoms with Gasteiger partial charge >= 0.3 is 6.09 Å². The van der Waals surface area contributed by atoms with Gasteiger partial charge in [0.25, 0.3) is 0 Å². The molecule has 1 saturated heterocycles. The van der Waals surface area contributed by atoms with Crippen molar-refractivity contribution in [2.24, 2.45) is 0 Å². The Morgan fingerprint density at radius 3 is 2.54 bits per heavy atom. The van der Waals surface area contributed by atoms with Crippen LogP contribution >= 0.6 is 0 Å². The first-order valence-corrected chi connectivity index (χ1v) is 16.4. The zero-order valence-corrected chi connectivity index (χ0v) is 27.6. The third-order valence-corrected chi connectivity index (χ3v) is 8.57.